The molecular formula is C18H18N2O2S2. The predicted octanol–water partition coefficient (Wildman–Crippen LogP) is 3.88. The predicted molar refractivity (Wildman–Crippen MR) is 101 cm³/mol. The van der Waals surface area contributed by atoms with Crippen LogP contribution in [0.3, 0.4) is 0 Å². The third kappa shape index (κ3) is 3.94. The van der Waals surface area contributed by atoms with Crippen LogP contribution in [-0.2, 0) is 9.59 Å². The summed E-state index contributed by atoms with van der Waals surface area (Å²) in [5.41, 5.74) is 1.68. The van der Waals surface area contributed by atoms with Crippen molar-refractivity contribution in [1.29, 1.82) is 0 Å². The van der Waals surface area contributed by atoms with Crippen LogP contribution in [0, 0.1) is 0 Å². The number of anilines is 2. The van der Waals surface area contributed by atoms with E-state index in [1.54, 1.807) is 28.4 Å². The third-order valence-corrected chi connectivity index (χ3v) is 5.50. The molecule has 2 aromatic carbocycles. The van der Waals surface area contributed by atoms with Crippen LogP contribution in [0.4, 0.5) is 11.4 Å². The minimum absolute atomic E-state index is 0.0517. The lowest BCUT2D eigenvalue weighted by molar-refractivity contribution is -0.117. The maximum atomic E-state index is 12.2. The average Bonchev–Trinajstić information content (AvgIpc) is 2.61. The van der Waals surface area contributed by atoms with Gasteiger partial charge in [0.15, 0.2) is 0 Å². The summed E-state index contributed by atoms with van der Waals surface area (Å²) in [6.45, 7) is 0.393. The van der Waals surface area contributed by atoms with Gasteiger partial charge in [0.1, 0.15) is 0 Å². The molecular weight excluding hydrogens is 340 g/mol. The molecule has 4 nitrogen and oxygen atoms in total. The first-order chi connectivity index (χ1) is 11.7. The highest BCUT2D eigenvalue weighted by Gasteiger charge is 2.24. The molecule has 24 heavy (non-hydrogen) atoms. The van der Waals surface area contributed by atoms with Gasteiger partial charge in [0, 0.05) is 28.4 Å². The molecule has 0 unspecified atom stereocenters. The summed E-state index contributed by atoms with van der Waals surface area (Å²) in [6.07, 6.45) is 2.27. The van der Waals surface area contributed by atoms with Gasteiger partial charge in [-0.1, -0.05) is 18.2 Å². The van der Waals surface area contributed by atoms with Gasteiger partial charge in [-0.25, -0.2) is 0 Å². The fourth-order valence-corrected chi connectivity index (χ4v) is 3.93. The summed E-state index contributed by atoms with van der Waals surface area (Å²) in [5.74, 6) is 0.390. The second kappa shape index (κ2) is 7.77. The molecule has 0 spiro atoms. The van der Waals surface area contributed by atoms with Gasteiger partial charge in [0.25, 0.3) is 0 Å². The van der Waals surface area contributed by atoms with Crippen molar-refractivity contribution in [2.45, 2.75) is 16.2 Å². The molecule has 0 fully saturated rings. The highest BCUT2D eigenvalue weighted by molar-refractivity contribution is 8.00. The van der Waals surface area contributed by atoms with Gasteiger partial charge < -0.3 is 10.2 Å². The molecule has 1 aliphatic rings. The Hall–Kier alpha value is -1.92. The fraction of sp³-hybridized carbons (Fsp3) is 0.222. The zero-order valence-corrected chi connectivity index (χ0v) is 15.0. The molecule has 2 amide bonds. The number of nitrogens with one attached hydrogen (secondary N) is 1. The van der Waals surface area contributed by atoms with Crippen LogP contribution in [-0.4, -0.2) is 30.4 Å². The molecule has 0 atom stereocenters. The van der Waals surface area contributed by atoms with Crippen LogP contribution in [0.5, 0.6) is 0 Å². The second-order valence-electron chi connectivity index (χ2n) is 5.33. The van der Waals surface area contributed by atoms with Gasteiger partial charge in [-0.3, -0.25) is 9.59 Å². The molecule has 2 aromatic rings. The topological polar surface area (TPSA) is 49.4 Å². The Morgan fingerprint density at radius 1 is 1.25 bits per heavy atom. The van der Waals surface area contributed by atoms with Crippen molar-refractivity contribution >= 4 is 46.7 Å². The van der Waals surface area contributed by atoms with Crippen molar-refractivity contribution in [3.05, 3.63) is 48.5 Å². The van der Waals surface area contributed by atoms with Crippen LogP contribution in [0.2, 0.25) is 0 Å². The summed E-state index contributed by atoms with van der Waals surface area (Å²) in [4.78, 5) is 28.3. The number of rotatable bonds is 5. The van der Waals surface area contributed by atoms with Crippen LogP contribution in [0.25, 0.3) is 0 Å². The first-order valence-electron chi connectivity index (χ1n) is 7.63. The lowest BCUT2D eigenvalue weighted by Crippen LogP contribution is -2.37. The second-order valence-corrected chi connectivity index (χ2v) is 7.23. The lowest BCUT2D eigenvalue weighted by Gasteiger charge is -2.28. The Bertz CT molecular complexity index is 764. The monoisotopic (exact) mass is 358 g/mol. The summed E-state index contributed by atoms with van der Waals surface area (Å²) >= 11 is 3.18. The molecule has 1 aliphatic heterocycles. The van der Waals surface area contributed by atoms with Crippen LogP contribution >= 0.6 is 23.5 Å². The van der Waals surface area contributed by atoms with Crippen molar-refractivity contribution < 1.29 is 9.59 Å². The van der Waals surface area contributed by atoms with Gasteiger partial charge in [-0.2, -0.15) is 0 Å². The molecule has 0 bridgehead atoms. The van der Waals surface area contributed by atoms with Gasteiger partial charge in [0.05, 0.1) is 11.4 Å². The van der Waals surface area contributed by atoms with E-state index >= 15 is 0 Å². The minimum atomic E-state index is -0.0863. The SMILES string of the molecule is CSc1cccc(NC(=O)CCN2C(=O)CSc3ccccc32)c1. The molecule has 0 saturated carbocycles. The van der Waals surface area contributed by atoms with E-state index in [4.69, 9.17) is 0 Å². The van der Waals surface area contributed by atoms with E-state index in [2.05, 4.69) is 5.32 Å². The molecule has 1 N–H and O–H groups in total. The molecule has 6 heteroatoms. The number of para-hydroxylation sites is 1. The molecule has 0 saturated heterocycles. The third-order valence-electron chi connectivity index (χ3n) is 3.72. The Morgan fingerprint density at radius 3 is 2.92 bits per heavy atom. The summed E-state index contributed by atoms with van der Waals surface area (Å²) in [5, 5.41) is 2.90. The molecule has 1 heterocycles. The van der Waals surface area contributed by atoms with E-state index in [1.165, 1.54) is 0 Å². The maximum absolute atomic E-state index is 12.2. The molecule has 0 aliphatic carbocycles. The zero-order chi connectivity index (χ0) is 16.9. The van der Waals surface area contributed by atoms with E-state index in [9.17, 15) is 9.59 Å². The number of carbonyl (C=O) groups is 2. The van der Waals surface area contributed by atoms with E-state index in [0.29, 0.717) is 12.3 Å². The van der Waals surface area contributed by atoms with Crippen LogP contribution in [0.1, 0.15) is 6.42 Å². The first-order valence-corrected chi connectivity index (χ1v) is 9.84. The largest absolute Gasteiger partial charge is 0.326 e. The smallest absolute Gasteiger partial charge is 0.237 e. The van der Waals surface area contributed by atoms with Gasteiger partial charge in [-0.15, -0.1) is 23.5 Å². The number of fused-ring (bicyclic) bond motifs is 1. The molecule has 124 valence electrons. The minimum Gasteiger partial charge on any atom is -0.326 e. The van der Waals surface area contributed by atoms with E-state index in [1.807, 2.05) is 54.8 Å². The summed E-state index contributed by atoms with van der Waals surface area (Å²) in [6, 6.07) is 15.6. The normalized spacial score (nSPS) is 13.5. The Kier molecular flexibility index (Phi) is 5.48. The Labute approximate surface area is 150 Å². The molecule has 0 aromatic heterocycles. The Balaban J connectivity index is 1.63. The number of thioether (sulfide) groups is 2. The van der Waals surface area contributed by atoms with E-state index < -0.39 is 0 Å². The van der Waals surface area contributed by atoms with Gasteiger partial charge in [0.2, 0.25) is 11.8 Å². The average molecular weight is 358 g/mol. The van der Waals surface area contributed by atoms with E-state index in [-0.39, 0.29) is 18.2 Å². The maximum Gasteiger partial charge on any atom is 0.237 e. The number of nitrogens with zero attached hydrogens (tertiary/aromatic N) is 1. The summed E-state index contributed by atoms with van der Waals surface area (Å²) in [7, 11) is 0. The highest BCUT2D eigenvalue weighted by Crippen LogP contribution is 2.34. The number of hydrogen-bond acceptors (Lipinski definition) is 4. The van der Waals surface area contributed by atoms with Crippen LogP contribution < -0.4 is 10.2 Å². The van der Waals surface area contributed by atoms with Crippen molar-refractivity contribution in [3.8, 4) is 0 Å². The highest BCUT2D eigenvalue weighted by atomic mass is 32.2. The molecule has 3 rings (SSSR count). The lowest BCUT2D eigenvalue weighted by atomic mass is 10.2. The van der Waals surface area contributed by atoms with Crippen molar-refractivity contribution in [1.82, 2.24) is 0 Å². The van der Waals surface area contributed by atoms with Crippen LogP contribution in [0.15, 0.2) is 58.3 Å². The quantitative estimate of drug-likeness (QED) is 0.824. The van der Waals surface area contributed by atoms with Gasteiger partial charge >= 0.3 is 0 Å². The van der Waals surface area contributed by atoms with Crippen molar-refractivity contribution in [2.75, 3.05) is 28.8 Å². The molecule has 0 radical (unpaired) electrons. The van der Waals surface area contributed by atoms with E-state index in [0.717, 1.165) is 21.2 Å². The summed E-state index contributed by atoms with van der Waals surface area (Å²) < 4.78 is 0. The number of benzene rings is 2. The first kappa shape index (κ1) is 16.9. The number of amides is 2. The fourth-order valence-electron chi connectivity index (χ4n) is 2.54. The van der Waals surface area contributed by atoms with Crippen molar-refractivity contribution in [2.24, 2.45) is 0 Å². The zero-order valence-electron chi connectivity index (χ0n) is 13.3. The van der Waals surface area contributed by atoms with Crippen molar-refractivity contribution in [3.63, 3.8) is 0 Å². The number of carbonyl (C=O) groups excluding carboxylic acids is 2. The number of hydrogen-bond donors (Lipinski definition) is 1. The Morgan fingerprint density at radius 2 is 2.08 bits per heavy atom. The standard InChI is InChI=1S/C18H18N2O2S2/c1-23-14-6-4-5-13(11-14)19-17(21)9-10-20-15-7-2-3-8-16(15)24-12-18(20)22/h2-8,11H,9-10,12H2,1H3,(H,19,21). The van der Waals surface area contributed by atoms with Gasteiger partial charge in [-0.05, 0) is 36.6 Å².